The number of pyridine rings is 1. The molecule has 1 saturated heterocycles. The first-order valence-electron chi connectivity index (χ1n) is 8.27. The minimum absolute atomic E-state index is 0.154. The van der Waals surface area contributed by atoms with Crippen molar-refractivity contribution in [3.8, 4) is 5.88 Å². The van der Waals surface area contributed by atoms with Gasteiger partial charge in [-0.1, -0.05) is 0 Å². The van der Waals surface area contributed by atoms with Gasteiger partial charge in [0.05, 0.1) is 31.7 Å². The minimum Gasteiger partial charge on any atom is -0.478 e. The molecule has 8 nitrogen and oxygen atoms in total. The molecular weight excluding hydrogens is 344 g/mol. The van der Waals surface area contributed by atoms with Gasteiger partial charge in [-0.3, -0.25) is 4.68 Å². The van der Waals surface area contributed by atoms with Gasteiger partial charge >= 0.3 is 0 Å². The first-order chi connectivity index (χ1) is 12.0. The van der Waals surface area contributed by atoms with Gasteiger partial charge < -0.3 is 9.47 Å². The van der Waals surface area contributed by atoms with Crippen molar-refractivity contribution in [2.24, 2.45) is 0 Å². The molecule has 136 valence electrons. The molecule has 0 saturated carbocycles. The Morgan fingerprint density at radius 1 is 1.32 bits per heavy atom. The summed E-state index contributed by atoms with van der Waals surface area (Å²) in [6, 6.07) is 3.09. The van der Waals surface area contributed by atoms with Crippen LogP contribution in [0.5, 0.6) is 5.88 Å². The summed E-state index contributed by atoms with van der Waals surface area (Å²) in [4.78, 5) is 4.20. The number of morpholine rings is 1. The lowest BCUT2D eigenvalue weighted by molar-refractivity contribution is -0.00261. The first-order valence-corrected chi connectivity index (χ1v) is 9.71. The average molecular weight is 366 g/mol. The van der Waals surface area contributed by atoms with Gasteiger partial charge in [-0.05, 0) is 19.9 Å². The molecule has 0 aliphatic carbocycles. The summed E-state index contributed by atoms with van der Waals surface area (Å²) in [5.74, 6) is 0.410. The van der Waals surface area contributed by atoms with Crippen molar-refractivity contribution in [3.05, 3.63) is 36.3 Å². The Bertz CT molecular complexity index is 804. The smallest absolute Gasteiger partial charge is 0.244 e. The fourth-order valence-corrected chi connectivity index (χ4v) is 4.04. The fourth-order valence-electron chi connectivity index (χ4n) is 2.67. The first kappa shape index (κ1) is 17.8. The van der Waals surface area contributed by atoms with Gasteiger partial charge in [-0.15, -0.1) is 0 Å². The van der Waals surface area contributed by atoms with Crippen molar-refractivity contribution >= 4 is 10.0 Å². The van der Waals surface area contributed by atoms with Gasteiger partial charge in [0.25, 0.3) is 0 Å². The molecule has 3 rings (SSSR count). The molecule has 25 heavy (non-hydrogen) atoms. The quantitative estimate of drug-likeness (QED) is 0.769. The van der Waals surface area contributed by atoms with E-state index in [2.05, 4.69) is 10.1 Å². The van der Waals surface area contributed by atoms with Gasteiger partial charge in [0.2, 0.25) is 15.9 Å². The molecule has 0 unspecified atom stereocenters. The molecule has 0 aromatic carbocycles. The molecule has 0 spiro atoms. The van der Waals surface area contributed by atoms with Crippen molar-refractivity contribution in [2.75, 3.05) is 26.3 Å². The largest absolute Gasteiger partial charge is 0.478 e. The number of hydrogen-bond acceptors (Lipinski definition) is 6. The average Bonchev–Trinajstić information content (AvgIpc) is 3.12. The van der Waals surface area contributed by atoms with E-state index < -0.39 is 10.0 Å². The lowest BCUT2D eigenvalue weighted by atomic mass is 10.2. The zero-order chi connectivity index (χ0) is 17.9. The molecule has 2 aromatic rings. The molecular formula is C16H22N4O4S. The van der Waals surface area contributed by atoms with Crippen LogP contribution in [0.4, 0.5) is 0 Å². The molecule has 1 aliphatic heterocycles. The second-order valence-corrected chi connectivity index (χ2v) is 7.55. The standard InChI is InChI=1S/C16H22N4O4S/c1-3-19-11-13(9-18-19)15-12-20(7-8-24-15)25(21,22)14-5-6-16(17-10-14)23-4-2/h5-6,9-11,15H,3-4,7-8,12H2,1-2H3/t15-/m1/s1. The highest BCUT2D eigenvalue weighted by atomic mass is 32.2. The van der Waals surface area contributed by atoms with Crippen LogP contribution in [0.3, 0.4) is 0 Å². The third-order valence-electron chi connectivity index (χ3n) is 4.02. The number of aromatic nitrogens is 3. The van der Waals surface area contributed by atoms with Crippen molar-refractivity contribution in [1.29, 1.82) is 0 Å². The van der Waals surface area contributed by atoms with Crippen LogP contribution in [0, 0.1) is 0 Å². The number of hydrogen-bond donors (Lipinski definition) is 0. The van der Waals surface area contributed by atoms with Gasteiger partial charge in [0.15, 0.2) is 0 Å². The van der Waals surface area contributed by atoms with E-state index in [1.807, 2.05) is 20.0 Å². The molecule has 3 heterocycles. The normalized spacial score (nSPS) is 19.0. The van der Waals surface area contributed by atoms with E-state index in [4.69, 9.17) is 9.47 Å². The Hall–Kier alpha value is -1.97. The topological polar surface area (TPSA) is 86.5 Å². The van der Waals surface area contributed by atoms with Crippen LogP contribution in [-0.2, 0) is 21.3 Å². The molecule has 0 amide bonds. The summed E-state index contributed by atoms with van der Waals surface area (Å²) < 4.78 is 40.0. The Kier molecular flexibility index (Phi) is 5.36. The summed E-state index contributed by atoms with van der Waals surface area (Å²) >= 11 is 0. The molecule has 0 bridgehead atoms. The zero-order valence-electron chi connectivity index (χ0n) is 14.3. The van der Waals surface area contributed by atoms with Crippen LogP contribution in [0.1, 0.15) is 25.5 Å². The maximum absolute atomic E-state index is 12.9. The summed E-state index contributed by atoms with van der Waals surface area (Å²) in [6.45, 7) is 5.99. The Morgan fingerprint density at radius 3 is 2.80 bits per heavy atom. The van der Waals surface area contributed by atoms with Crippen LogP contribution in [0.2, 0.25) is 0 Å². The second kappa shape index (κ2) is 7.51. The van der Waals surface area contributed by atoms with Crippen LogP contribution in [0.25, 0.3) is 0 Å². The molecule has 9 heteroatoms. The number of aryl methyl sites for hydroxylation is 1. The van der Waals surface area contributed by atoms with E-state index >= 15 is 0 Å². The zero-order valence-corrected chi connectivity index (χ0v) is 15.1. The van der Waals surface area contributed by atoms with Gasteiger partial charge in [0, 0.05) is 37.5 Å². The number of sulfonamides is 1. The highest BCUT2D eigenvalue weighted by molar-refractivity contribution is 7.89. The predicted molar refractivity (Wildman–Crippen MR) is 90.8 cm³/mol. The monoisotopic (exact) mass is 366 g/mol. The molecule has 1 aliphatic rings. The number of nitrogens with zero attached hydrogens (tertiary/aromatic N) is 4. The highest BCUT2D eigenvalue weighted by Crippen LogP contribution is 2.26. The van der Waals surface area contributed by atoms with E-state index in [0.717, 1.165) is 12.1 Å². The third-order valence-corrected chi connectivity index (χ3v) is 5.87. The number of ether oxygens (including phenoxy) is 2. The second-order valence-electron chi connectivity index (χ2n) is 5.62. The Balaban J connectivity index is 1.77. The Labute approximate surface area is 147 Å². The third kappa shape index (κ3) is 3.83. The molecule has 2 aromatic heterocycles. The van der Waals surface area contributed by atoms with Crippen molar-refractivity contribution < 1.29 is 17.9 Å². The summed E-state index contributed by atoms with van der Waals surface area (Å²) in [7, 11) is -3.63. The Morgan fingerprint density at radius 2 is 2.16 bits per heavy atom. The van der Waals surface area contributed by atoms with E-state index in [9.17, 15) is 8.42 Å². The molecule has 1 fully saturated rings. The van der Waals surface area contributed by atoms with E-state index in [1.165, 1.54) is 16.6 Å². The van der Waals surface area contributed by atoms with Gasteiger partial charge in [-0.25, -0.2) is 13.4 Å². The molecule has 0 radical (unpaired) electrons. The molecule has 0 N–H and O–H groups in total. The summed E-state index contributed by atoms with van der Waals surface area (Å²) in [6.07, 6.45) is 4.63. The van der Waals surface area contributed by atoms with E-state index in [1.54, 1.807) is 16.9 Å². The maximum atomic E-state index is 12.9. The van der Waals surface area contributed by atoms with Crippen LogP contribution in [-0.4, -0.2) is 53.8 Å². The minimum atomic E-state index is -3.63. The van der Waals surface area contributed by atoms with Crippen molar-refractivity contribution in [3.63, 3.8) is 0 Å². The van der Waals surface area contributed by atoms with Crippen molar-refractivity contribution in [2.45, 2.75) is 31.4 Å². The van der Waals surface area contributed by atoms with Gasteiger partial charge in [0.1, 0.15) is 4.90 Å². The SMILES string of the molecule is CCOc1ccc(S(=O)(=O)N2CCO[C@@H](c3cnn(CC)c3)C2)cn1. The van der Waals surface area contributed by atoms with Crippen LogP contribution >= 0.6 is 0 Å². The molecule has 1 atom stereocenters. The van der Waals surface area contributed by atoms with Crippen LogP contribution < -0.4 is 4.74 Å². The lowest BCUT2D eigenvalue weighted by Crippen LogP contribution is -2.42. The fraction of sp³-hybridized carbons (Fsp3) is 0.500. The summed E-state index contributed by atoms with van der Waals surface area (Å²) in [5, 5.41) is 4.23. The maximum Gasteiger partial charge on any atom is 0.244 e. The van der Waals surface area contributed by atoms with Gasteiger partial charge in [-0.2, -0.15) is 9.40 Å². The van der Waals surface area contributed by atoms with Crippen molar-refractivity contribution in [1.82, 2.24) is 19.1 Å². The number of rotatable bonds is 6. The highest BCUT2D eigenvalue weighted by Gasteiger charge is 2.32. The summed E-state index contributed by atoms with van der Waals surface area (Å²) in [5.41, 5.74) is 0.881. The van der Waals surface area contributed by atoms with E-state index in [0.29, 0.717) is 25.6 Å². The predicted octanol–water partition coefficient (Wildman–Crippen LogP) is 1.46. The van der Waals surface area contributed by atoms with Crippen LogP contribution in [0.15, 0.2) is 35.6 Å². The van der Waals surface area contributed by atoms with E-state index in [-0.39, 0.29) is 17.5 Å². The lowest BCUT2D eigenvalue weighted by Gasteiger charge is -2.31.